The monoisotopic (exact) mass is 500 g/mol. The van der Waals surface area contributed by atoms with Gasteiger partial charge in [-0.1, -0.05) is 0 Å². The molecule has 0 atom stereocenters. The highest BCUT2D eigenvalue weighted by Crippen LogP contribution is 2.22. The number of pyridine rings is 3. The van der Waals surface area contributed by atoms with E-state index < -0.39 is 5.95 Å². The van der Waals surface area contributed by atoms with Crippen molar-refractivity contribution >= 4 is 38.6 Å². The average molecular weight is 501 g/mol. The maximum absolute atomic E-state index is 14.6. The SMILES string of the molecule is O=C(NC1CC1)c1ccc(N2CCN(Cc3cnc4cc(Br)c(=O)[nH]c4c3)CC2)c(F)n1. The van der Waals surface area contributed by atoms with E-state index in [2.05, 4.69) is 41.1 Å². The Morgan fingerprint density at radius 2 is 2.00 bits per heavy atom. The summed E-state index contributed by atoms with van der Waals surface area (Å²) < 4.78 is 15.1. The lowest BCUT2D eigenvalue weighted by atomic mass is 10.2. The summed E-state index contributed by atoms with van der Waals surface area (Å²) >= 11 is 3.22. The lowest BCUT2D eigenvalue weighted by molar-refractivity contribution is 0.0945. The van der Waals surface area contributed by atoms with Crippen LogP contribution < -0.4 is 15.8 Å². The van der Waals surface area contributed by atoms with Gasteiger partial charge in [0.05, 0.1) is 21.2 Å². The van der Waals surface area contributed by atoms with Gasteiger partial charge in [-0.2, -0.15) is 4.39 Å². The Bertz CT molecular complexity index is 1240. The molecule has 5 rings (SSSR count). The van der Waals surface area contributed by atoms with Gasteiger partial charge >= 0.3 is 0 Å². The van der Waals surface area contributed by atoms with E-state index in [9.17, 15) is 14.0 Å². The lowest BCUT2D eigenvalue weighted by Crippen LogP contribution is -2.46. The van der Waals surface area contributed by atoms with Crippen molar-refractivity contribution in [3.63, 3.8) is 0 Å². The maximum Gasteiger partial charge on any atom is 0.270 e. The van der Waals surface area contributed by atoms with E-state index in [1.165, 1.54) is 0 Å². The number of nitrogens with one attached hydrogen (secondary N) is 2. The van der Waals surface area contributed by atoms with E-state index in [1.807, 2.05) is 17.2 Å². The van der Waals surface area contributed by atoms with Crippen LogP contribution in [0.25, 0.3) is 11.0 Å². The van der Waals surface area contributed by atoms with Crippen LogP contribution in [0, 0.1) is 5.95 Å². The summed E-state index contributed by atoms with van der Waals surface area (Å²) in [5.74, 6) is -0.934. The predicted octanol–water partition coefficient (Wildman–Crippen LogP) is 2.43. The number of aromatic nitrogens is 3. The Morgan fingerprint density at radius 3 is 2.72 bits per heavy atom. The Hall–Kier alpha value is -2.85. The van der Waals surface area contributed by atoms with Crippen LogP contribution >= 0.6 is 15.9 Å². The third kappa shape index (κ3) is 4.51. The van der Waals surface area contributed by atoms with Crippen LogP contribution in [0.4, 0.5) is 10.1 Å². The van der Waals surface area contributed by atoms with E-state index in [-0.39, 0.29) is 23.2 Å². The number of rotatable bonds is 5. The summed E-state index contributed by atoms with van der Waals surface area (Å²) in [7, 11) is 0. The van der Waals surface area contributed by atoms with E-state index in [4.69, 9.17) is 0 Å². The maximum atomic E-state index is 14.6. The van der Waals surface area contributed by atoms with Crippen LogP contribution in [0.5, 0.6) is 0 Å². The molecular weight excluding hydrogens is 479 g/mol. The van der Waals surface area contributed by atoms with Crippen molar-refractivity contribution in [3.05, 3.63) is 62.5 Å². The van der Waals surface area contributed by atoms with Gasteiger partial charge in [-0.25, -0.2) is 4.98 Å². The Labute approximate surface area is 192 Å². The minimum Gasteiger partial charge on any atom is -0.365 e. The largest absolute Gasteiger partial charge is 0.365 e. The summed E-state index contributed by atoms with van der Waals surface area (Å²) in [6, 6.07) is 7.08. The molecule has 0 bridgehead atoms. The molecule has 1 saturated carbocycles. The van der Waals surface area contributed by atoms with Crippen molar-refractivity contribution in [1.29, 1.82) is 0 Å². The second-order valence-electron chi connectivity index (χ2n) is 8.24. The molecule has 3 aromatic rings. The van der Waals surface area contributed by atoms with Crippen molar-refractivity contribution in [2.45, 2.75) is 25.4 Å². The van der Waals surface area contributed by atoms with Crippen molar-refractivity contribution in [2.24, 2.45) is 0 Å². The molecule has 2 aliphatic rings. The lowest BCUT2D eigenvalue weighted by Gasteiger charge is -2.36. The molecule has 0 spiro atoms. The minimum atomic E-state index is -0.615. The highest BCUT2D eigenvalue weighted by molar-refractivity contribution is 9.10. The molecule has 32 heavy (non-hydrogen) atoms. The first kappa shape index (κ1) is 21.0. The van der Waals surface area contributed by atoms with Crippen molar-refractivity contribution in [2.75, 3.05) is 31.1 Å². The molecule has 1 saturated heterocycles. The first-order valence-corrected chi connectivity index (χ1v) is 11.4. The first-order chi connectivity index (χ1) is 15.5. The molecule has 2 fully saturated rings. The summed E-state index contributed by atoms with van der Waals surface area (Å²) in [6.45, 7) is 3.49. The van der Waals surface area contributed by atoms with E-state index in [0.717, 1.165) is 37.0 Å². The number of carbonyl (C=O) groups is 1. The van der Waals surface area contributed by atoms with Crippen LogP contribution in [0.3, 0.4) is 0 Å². The molecule has 1 amide bonds. The number of fused-ring (bicyclic) bond motifs is 1. The zero-order chi connectivity index (χ0) is 22.2. The number of piperazine rings is 1. The van der Waals surface area contributed by atoms with Gasteiger partial charge in [-0.3, -0.25) is 19.5 Å². The first-order valence-electron chi connectivity index (χ1n) is 10.6. The van der Waals surface area contributed by atoms with Crippen LogP contribution in [-0.4, -0.2) is 58.0 Å². The summed E-state index contributed by atoms with van der Waals surface area (Å²) in [5.41, 5.74) is 2.78. The quantitative estimate of drug-likeness (QED) is 0.522. The average Bonchev–Trinajstić information content (AvgIpc) is 3.59. The molecule has 3 aromatic heterocycles. The molecule has 0 radical (unpaired) electrons. The van der Waals surface area contributed by atoms with Gasteiger partial charge in [-0.05, 0) is 58.6 Å². The number of carbonyl (C=O) groups excluding carboxylic acids is 1. The van der Waals surface area contributed by atoms with Crippen molar-refractivity contribution < 1.29 is 9.18 Å². The smallest absolute Gasteiger partial charge is 0.270 e. The highest BCUT2D eigenvalue weighted by Gasteiger charge is 2.26. The number of aromatic amines is 1. The highest BCUT2D eigenvalue weighted by atomic mass is 79.9. The molecule has 2 N–H and O–H groups in total. The molecular formula is C22H22BrFN6O2. The van der Waals surface area contributed by atoms with E-state index >= 15 is 0 Å². The zero-order valence-corrected chi connectivity index (χ0v) is 18.9. The Morgan fingerprint density at radius 1 is 1.22 bits per heavy atom. The van der Waals surface area contributed by atoms with Crippen molar-refractivity contribution in [1.82, 2.24) is 25.2 Å². The van der Waals surface area contributed by atoms with Crippen LogP contribution in [0.2, 0.25) is 0 Å². The topological polar surface area (TPSA) is 94.2 Å². The number of amides is 1. The normalized spacial score (nSPS) is 17.0. The molecule has 10 heteroatoms. The van der Waals surface area contributed by atoms with Gasteiger partial charge in [-0.15, -0.1) is 0 Å². The fourth-order valence-corrected chi connectivity index (χ4v) is 4.19. The van der Waals surface area contributed by atoms with Gasteiger partial charge in [0.25, 0.3) is 11.5 Å². The fourth-order valence-electron chi connectivity index (χ4n) is 3.87. The zero-order valence-electron chi connectivity index (χ0n) is 17.3. The number of hydrogen-bond acceptors (Lipinski definition) is 6. The third-order valence-corrected chi connectivity index (χ3v) is 6.39. The van der Waals surface area contributed by atoms with Gasteiger partial charge in [0.2, 0.25) is 5.95 Å². The second-order valence-corrected chi connectivity index (χ2v) is 9.09. The predicted molar refractivity (Wildman–Crippen MR) is 122 cm³/mol. The standard InChI is InChI=1S/C22H22BrFN6O2/c23-15-10-17-18(28-21(15)31)9-13(11-25-17)12-29-5-7-30(8-6-29)19-4-3-16(27-20(19)24)22(32)26-14-1-2-14/h3-4,9-11,14H,1-2,5-8,12H2,(H,26,32)(H,28,31). The second kappa shape index (κ2) is 8.59. The summed E-state index contributed by atoms with van der Waals surface area (Å²) in [6.07, 6.45) is 3.76. The van der Waals surface area contributed by atoms with E-state index in [1.54, 1.807) is 18.2 Å². The molecule has 8 nitrogen and oxygen atoms in total. The van der Waals surface area contributed by atoms with E-state index in [0.29, 0.717) is 35.3 Å². The number of hydrogen-bond donors (Lipinski definition) is 2. The molecule has 0 unspecified atom stereocenters. The van der Waals surface area contributed by atoms with Crippen LogP contribution in [0.15, 0.2) is 39.7 Å². The minimum absolute atomic E-state index is 0.116. The van der Waals surface area contributed by atoms with Crippen molar-refractivity contribution in [3.8, 4) is 0 Å². The van der Waals surface area contributed by atoms with Crippen LogP contribution in [-0.2, 0) is 6.54 Å². The number of halogens is 2. The van der Waals surface area contributed by atoms with Gasteiger partial charge in [0, 0.05) is 45.0 Å². The van der Waals surface area contributed by atoms with Crippen LogP contribution in [0.1, 0.15) is 28.9 Å². The number of nitrogens with zero attached hydrogens (tertiary/aromatic N) is 4. The summed E-state index contributed by atoms with van der Waals surface area (Å²) in [5, 5.41) is 2.83. The third-order valence-electron chi connectivity index (χ3n) is 5.80. The summed E-state index contributed by atoms with van der Waals surface area (Å²) in [4.78, 5) is 39.3. The molecule has 4 heterocycles. The Kier molecular flexibility index (Phi) is 5.64. The van der Waals surface area contributed by atoms with Gasteiger partial charge in [0.1, 0.15) is 5.69 Å². The molecule has 0 aromatic carbocycles. The van der Waals surface area contributed by atoms with Gasteiger partial charge in [0.15, 0.2) is 0 Å². The number of anilines is 1. The molecule has 166 valence electrons. The number of H-pyrrole nitrogens is 1. The van der Waals surface area contributed by atoms with Gasteiger partial charge < -0.3 is 15.2 Å². The Balaban J connectivity index is 1.21. The molecule has 1 aliphatic carbocycles. The fraction of sp³-hybridized carbons (Fsp3) is 0.364. The molecule has 1 aliphatic heterocycles.